The molecule has 0 unspecified atom stereocenters. The van der Waals surface area contributed by atoms with Crippen LogP contribution in [0, 0.1) is 6.92 Å². The van der Waals surface area contributed by atoms with Crippen LogP contribution in [-0.4, -0.2) is 17.1 Å². The minimum Gasteiger partial charge on any atom is -0.336 e. The Hall–Kier alpha value is -1.88. The van der Waals surface area contributed by atoms with Crippen molar-refractivity contribution in [3.05, 3.63) is 35.2 Å². The van der Waals surface area contributed by atoms with Crippen molar-refractivity contribution < 1.29 is 4.79 Å². The zero-order valence-electron chi connectivity index (χ0n) is 11.2. The second-order valence-electron chi connectivity index (χ2n) is 4.54. The van der Waals surface area contributed by atoms with Crippen LogP contribution in [0.4, 0.5) is 9.93 Å². The molecule has 2 N–H and O–H groups in total. The van der Waals surface area contributed by atoms with Crippen LogP contribution in [0.15, 0.2) is 30.3 Å². The van der Waals surface area contributed by atoms with Crippen molar-refractivity contribution in [3.63, 3.8) is 0 Å². The first-order valence-electron chi connectivity index (χ1n) is 6.16. The second-order valence-corrected chi connectivity index (χ2v) is 5.75. The minimum atomic E-state index is -0.219. The summed E-state index contributed by atoms with van der Waals surface area (Å²) >= 11 is 1.48. The standard InChI is InChI=1S/C14H17N3OS/c1-9(2)15-13(18)17-14-16-12(10(3)19-14)11-7-5-4-6-8-11/h4-9H,1-3H3,(H2,15,16,17,18). The molecular formula is C14H17N3OS. The number of nitrogens with one attached hydrogen (secondary N) is 2. The van der Waals surface area contributed by atoms with Crippen LogP contribution in [0.2, 0.25) is 0 Å². The number of carbonyl (C=O) groups excluding carboxylic acids is 1. The van der Waals surface area contributed by atoms with E-state index in [0.717, 1.165) is 16.1 Å². The van der Waals surface area contributed by atoms with Gasteiger partial charge < -0.3 is 5.32 Å². The Morgan fingerprint density at radius 1 is 1.26 bits per heavy atom. The van der Waals surface area contributed by atoms with Crippen LogP contribution in [0.1, 0.15) is 18.7 Å². The molecule has 1 aromatic carbocycles. The Labute approximate surface area is 116 Å². The molecule has 1 aromatic heterocycles. The maximum absolute atomic E-state index is 11.6. The highest BCUT2D eigenvalue weighted by Gasteiger charge is 2.11. The van der Waals surface area contributed by atoms with E-state index in [1.54, 1.807) is 0 Å². The van der Waals surface area contributed by atoms with E-state index in [1.165, 1.54) is 11.3 Å². The number of amides is 2. The molecule has 0 saturated carbocycles. The maximum Gasteiger partial charge on any atom is 0.321 e. The number of carbonyl (C=O) groups is 1. The number of hydrogen-bond acceptors (Lipinski definition) is 3. The van der Waals surface area contributed by atoms with Crippen LogP contribution in [0.25, 0.3) is 11.3 Å². The number of thiazole rings is 1. The number of benzene rings is 1. The number of hydrogen-bond donors (Lipinski definition) is 2. The van der Waals surface area contributed by atoms with Crippen molar-refractivity contribution >= 4 is 22.5 Å². The van der Waals surface area contributed by atoms with Gasteiger partial charge in [0.1, 0.15) is 0 Å². The van der Waals surface area contributed by atoms with Crippen LogP contribution < -0.4 is 10.6 Å². The molecule has 2 aromatic rings. The Morgan fingerprint density at radius 3 is 2.58 bits per heavy atom. The third-order valence-corrected chi connectivity index (χ3v) is 3.37. The molecule has 0 aliphatic carbocycles. The molecule has 1 heterocycles. The molecule has 100 valence electrons. The van der Waals surface area contributed by atoms with Gasteiger partial charge >= 0.3 is 6.03 Å². The lowest BCUT2D eigenvalue weighted by Crippen LogP contribution is -2.34. The van der Waals surface area contributed by atoms with Crippen molar-refractivity contribution in [2.45, 2.75) is 26.8 Å². The van der Waals surface area contributed by atoms with E-state index in [9.17, 15) is 4.79 Å². The SMILES string of the molecule is Cc1sc(NC(=O)NC(C)C)nc1-c1ccccc1. The fourth-order valence-electron chi connectivity index (χ4n) is 1.71. The highest BCUT2D eigenvalue weighted by molar-refractivity contribution is 7.16. The third kappa shape index (κ3) is 3.54. The van der Waals surface area contributed by atoms with E-state index in [-0.39, 0.29) is 12.1 Å². The summed E-state index contributed by atoms with van der Waals surface area (Å²) in [7, 11) is 0. The predicted octanol–water partition coefficient (Wildman–Crippen LogP) is 3.65. The van der Waals surface area contributed by atoms with Crippen LogP contribution in [-0.2, 0) is 0 Å². The van der Waals surface area contributed by atoms with E-state index >= 15 is 0 Å². The lowest BCUT2D eigenvalue weighted by molar-refractivity contribution is 0.250. The van der Waals surface area contributed by atoms with E-state index in [4.69, 9.17) is 0 Å². The fraction of sp³-hybridized carbons (Fsp3) is 0.286. The minimum absolute atomic E-state index is 0.106. The van der Waals surface area contributed by atoms with Gasteiger partial charge in [0.2, 0.25) is 0 Å². The molecule has 19 heavy (non-hydrogen) atoms. The van der Waals surface area contributed by atoms with Gasteiger partial charge in [0.15, 0.2) is 5.13 Å². The third-order valence-electron chi connectivity index (χ3n) is 2.48. The van der Waals surface area contributed by atoms with Gasteiger partial charge in [-0.25, -0.2) is 9.78 Å². The average Bonchev–Trinajstić information content (AvgIpc) is 2.70. The molecule has 0 fully saturated rings. The van der Waals surface area contributed by atoms with Crippen LogP contribution in [0.3, 0.4) is 0 Å². The normalized spacial score (nSPS) is 10.5. The Morgan fingerprint density at radius 2 is 1.95 bits per heavy atom. The molecule has 2 rings (SSSR count). The lowest BCUT2D eigenvalue weighted by Gasteiger charge is -2.07. The Balaban J connectivity index is 2.16. The van der Waals surface area contributed by atoms with Crippen molar-refractivity contribution in [1.29, 1.82) is 0 Å². The molecule has 0 saturated heterocycles. The topological polar surface area (TPSA) is 54.0 Å². The highest BCUT2D eigenvalue weighted by Crippen LogP contribution is 2.29. The number of aryl methyl sites for hydroxylation is 1. The zero-order chi connectivity index (χ0) is 13.8. The second kappa shape index (κ2) is 5.84. The smallest absolute Gasteiger partial charge is 0.321 e. The van der Waals surface area contributed by atoms with Gasteiger partial charge in [-0.2, -0.15) is 0 Å². The molecule has 0 atom stereocenters. The summed E-state index contributed by atoms with van der Waals surface area (Å²) in [6.07, 6.45) is 0. The number of urea groups is 1. The van der Waals surface area contributed by atoms with Gasteiger partial charge in [-0.1, -0.05) is 30.3 Å². The summed E-state index contributed by atoms with van der Waals surface area (Å²) in [5, 5.41) is 6.16. The molecule has 0 spiro atoms. The monoisotopic (exact) mass is 275 g/mol. The van der Waals surface area contributed by atoms with Crippen LogP contribution in [0.5, 0.6) is 0 Å². The number of rotatable bonds is 3. The molecule has 2 amide bonds. The number of aromatic nitrogens is 1. The Kier molecular flexibility index (Phi) is 4.16. The van der Waals surface area contributed by atoms with Gasteiger partial charge in [-0.15, -0.1) is 11.3 Å². The van der Waals surface area contributed by atoms with Gasteiger partial charge in [-0.3, -0.25) is 5.32 Å². The van der Waals surface area contributed by atoms with Crippen molar-refractivity contribution in [2.75, 3.05) is 5.32 Å². The molecule has 4 nitrogen and oxygen atoms in total. The van der Waals surface area contributed by atoms with Gasteiger partial charge in [0.05, 0.1) is 5.69 Å². The lowest BCUT2D eigenvalue weighted by atomic mass is 10.1. The number of nitrogens with zero attached hydrogens (tertiary/aromatic N) is 1. The van der Waals surface area contributed by atoms with E-state index in [1.807, 2.05) is 51.1 Å². The average molecular weight is 275 g/mol. The Bertz CT molecular complexity index is 563. The van der Waals surface area contributed by atoms with Crippen LogP contribution >= 0.6 is 11.3 Å². The molecule has 0 aliphatic heterocycles. The molecule has 5 heteroatoms. The fourth-order valence-corrected chi connectivity index (χ4v) is 2.54. The van der Waals surface area contributed by atoms with Gasteiger partial charge in [-0.05, 0) is 20.8 Å². The number of anilines is 1. The van der Waals surface area contributed by atoms with Gasteiger partial charge in [0, 0.05) is 16.5 Å². The summed E-state index contributed by atoms with van der Waals surface area (Å²) < 4.78 is 0. The summed E-state index contributed by atoms with van der Waals surface area (Å²) in [5.41, 5.74) is 1.99. The van der Waals surface area contributed by atoms with E-state index < -0.39 is 0 Å². The largest absolute Gasteiger partial charge is 0.336 e. The summed E-state index contributed by atoms with van der Waals surface area (Å²) in [4.78, 5) is 17.2. The summed E-state index contributed by atoms with van der Waals surface area (Å²) in [5.74, 6) is 0. The first-order chi connectivity index (χ1) is 9.06. The van der Waals surface area contributed by atoms with E-state index in [2.05, 4.69) is 15.6 Å². The zero-order valence-corrected chi connectivity index (χ0v) is 12.0. The van der Waals surface area contributed by atoms with Gasteiger partial charge in [0.25, 0.3) is 0 Å². The quantitative estimate of drug-likeness (QED) is 0.898. The van der Waals surface area contributed by atoms with Crippen molar-refractivity contribution in [2.24, 2.45) is 0 Å². The maximum atomic E-state index is 11.6. The molecular weight excluding hydrogens is 258 g/mol. The highest BCUT2D eigenvalue weighted by atomic mass is 32.1. The van der Waals surface area contributed by atoms with E-state index in [0.29, 0.717) is 5.13 Å². The van der Waals surface area contributed by atoms with Crippen molar-refractivity contribution in [3.8, 4) is 11.3 Å². The molecule has 0 radical (unpaired) electrons. The predicted molar refractivity (Wildman–Crippen MR) is 79.6 cm³/mol. The molecule has 0 aliphatic rings. The summed E-state index contributed by atoms with van der Waals surface area (Å²) in [6, 6.07) is 9.85. The summed E-state index contributed by atoms with van der Waals surface area (Å²) in [6.45, 7) is 5.84. The van der Waals surface area contributed by atoms with Crippen molar-refractivity contribution in [1.82, 2.24) is 10.3 Å². The first-order valence-corrected chi connectivity index (χ1v) is 6.98. The first kappa shape index (κ1) is 13.5. The molecule has 0 bridgehead atoms.